The zero-order valence-corrected chi connectivity index (χ0v) is 25.1. The zero-order chi connectivity index (χ0) is 30.5. The fraction of sp³-hybridized carbons (Fsp3) is 0.146. The van der Waals surface area contributed by atoms with E-state index >= 15 is 0 Å². The number of esters is 1. The fourth-order valence-electron chi connectivity index (χ4n) is 7.51. The van der Waals surface area contributed by atoms with Crippen molar-refractivity contribution in [2.75, 3.05) is 6.61 Å². The van der Waals surface area contributed by atoms with E-state index in [-0.39, 0.29) is 11.9 Å². The molecule has 1 saturated carbocycles. The molecule has 0 N–H and O–H groups in total. The molecular formula is C41H34N2O2. The topological polar surface area (TPSA) is 36.2 Å². The molecular weight excluding hydrogens is 552 g/mol. The van der Waals surface area contributed by atoms with Crippen LogP contribution in [0.4, 0.5) is 0 Å². The highest BCUT2D eigenvalue weighted by molar-refractivity contribution is 6.10. The number of aromatic nitrogens is 2. The quantitative estimate of drug-likeness (QED) is 0.138. The van der Waals surface area contributed by atoms with Crippen LogP contribution in [0.2, 0.25) is 0 Å². The van der Waals surface area contributed by atoms with Gasteiger partial charge in [-0.1, -0.05) is 84.9 Å². The molecule has 1 fully saturated rings. The number of nitrogens with zero attached hydrogens (tertiary/aromatic N) is 2. The summed E-state index contributed by atoms with van der Waals surface area (Å²) in [5.74, 6) is 0.673. The van der Waals surface area contributed by atoms with Crippen molar-refractivity contribution in [3.63, 3.8) is 0 Å². The lowest BCUT2D eigenvalue weighted by molar-refractivity contribution is 0.0423. The summed E-state index contributed by atoms with van der Waals surface area (Å²) in [5.41, 5.74) is 6.71. The molecule has 0 spiro atoms. The largest absolute Gasteiger partial charge is 0.462 e. The van der Waals surface area contributed by atoms with Crippen LogP contribution in [0.15, 0.2) is 141 Å². The zero-order valence-electron chi connectivity index (χ0n) is 25.1. The molecule has 8 rings (SSSR count). The highest BCUT2D eigenvalue weighted by Crippen LogP contribution is 2.39. The molecule has 3 unspecified atom stereocenters. The third-order valence-corrected chi connectivity index (χ3v) is 9.67. The number of allylic oxidation sites excluding steroid dienone is 2. The van der Waals surface area contributed by atoms with E-state index in [0.29, 0.717) is 24.0 Å². The highest BCUT2D eigenvalue weighted by Gasteiger charge is 2.32. The number of benzene rings is 5. The number of carbonyl (C=O) groups is 1. The van der Waals surface area contributed by atoms with E-state index in [1.807, 2.05) is 24.3 Å². The standard InChI is InChI=1S/C41H34N2O2/c1-3-27-21-28(4-2)30(22-27)26-45-41(44)29-23-31(42-37-17-9-5-13-33(37)34-14-6-10-18-38(34)42)25-32(24-29)43-39-19-11-7-15-35(39)36-16-8-12-20-40(36)43/h3-20,23-25,27-28,30H,1-2,21-22,26H2. The minimum atomic E-state index is -0.315. The maximum absolute atomic E-state index is 14.0. The summed E-state index contributed by atoms with van der Waals surface area (Å²) < 4.78 is 10.6. The predicted molar refractivity (Wildman–Crippen MR) is 186 cm³/mol. The van der Waals surface area contributed by atoms with Crippen molar-refractivity contribution in [1.29, 1.82) is 0 Å². The summed E-state index contributed by atoms with van der Waals surface area (Å²) >= 11 is 0. The third kappa shape index (κ3) is 4.48. The third-order valence-electron chi connectivity index (χ3n) is 9.67. The van der Waals surface area contributed by atoms with Crippen molar-refractivity contribution in [2.45, 2.75) is 12.8 Å². The average Bonchev–Trinajstić information content (AvgIpc) is 3.76. The van der Waals surface area contributed by atoms with Crippen LogP contribution in [0.5, 0.6) is 0 Å². The molecule has 220 valence electrons. The molecule has 7 aromatic rings. The number of rotatable bonds is 7. The van der Waals surface area contributed by atoms with E-state index in [1.54, 1.807) is 0 Å². The van der Waals surface area contributed by atoms with Gasteiger partial charge in [-0.2, -0.15) is 0 Å². The lowest BCUT2D eigenvalue weighted by atomic mass is 9.97. The molecule has 0 radical (unpaired) electrons. The SMILES string of the molecule is C=CC1CC(C=C)C(COC(=O)c2cc(-n3c4ccccc4c4ccccc43)cc(-n3c4ccccc4c4ccccc43)c2)C1. The lowest BCUT2D eigenvalue weighted by Gasteiger charge is -2.18. The molecule has 2 aromatic heterocycles. The lowest BCUT2D eigenvalue weighted by Crippen LogP contribution is -2.17. The van der Waals surface area contributed by atoms with E-state index in [9.17, 15) is 4.79 Å². The van der Waals surface area contributed by atoms with Crippen molar-refractivity contribution in [1.82, 2.24) is 9.13 Å². The van der Waals surface area contributed by atoms with Crippen LogP contribution in [0.1, 0.15) is 23.2 Å². The summed E-state index contributed by atoms with van der Waals surface area (Å²) in [7, 11) is 0. The normalized spacial score (nSPS) is 18.2. The molecule has 3 atom stereocenters. The van der Waals surface area contributed by atoms with Crippen LogP contribution in [0.25, 0.3) is 55.0 Å². The molecule has 4 heteroatoms. The molecule has 45 heavy (non-hydrogen) atoms. The highest BCUT2D eigenvalue weighted by atomic mass is 16.5. The minimum absolute atomic E-state index is 0.242. The van der Waals surface area contributed by atoms with E-state index in [0.717, 1.165) is 46.3 Å². The molecule has 0 aliphatic heterocycles. The van der Waals surface area contributed by atoms with Crippen LogP contribution in [0.3, 0.4) is 0 Å². The Morgan fingerprint density at radius 1 is 0.644 bits per heavy atom. The first-order chi connectivity index (χ1) is 22.1. The Hall–Kier alpha value is -5.35. The van der Waals surface area contributed by atoms with Crippen LogP contribution in [0, 0.1) is 17.8 Å². The molecule has 5 aromatic carbocycles. The summed E-state index contributed by atoms with van der Waals surface area (Å²) in [6.45, 7) is 8.41. The second kappa shape index (κ2) is 11.0. The number of hydrogen-bond donors (Lipinski definition) is 0. The Morgan fingerprint density at radius 2 is 1.09 bits per heavy atom. The maximum Gasteiger partial charge on any atom is 0.338 e. The van der Waals surface area contributed by atoms with Gasteiger partial charge in [0.25, 0.3) is 0 Å². The number of para-hydroxylation sites is 4. The number of carbonyl (C=O) groups excluding carboxylic acids is 1. The number of hydrogen-bond acceptors (Lipinski definition) is 2. The molecule has 1 aliphatic carbocycles. The van der Waals surface area contributed by atoms with E-state index in [1.165, 1.54) is 21.5 Å². The van der Waals surface area contributed by atoms with Crippen molar-refractivity contribution in [3.8, 4) is 11.4 Å². The first-order valence-electron chi connectivity index (χ1n) is 15.7. The van der Waals surface area contributed by atoms with Gasteiger partial charge in [0.2, 0.25) is 0 Å². The molecule has 4 nitrogen and oxygen atoms in total. The van der Waals surface area contributed by atoms with Gasteiger partial charge in [0.1, 0.15) is 0 Å². The van der Waals surface area contributed by atoms with Gasteiger partial charge >= 0.3 is 5.97 Å². The molecule has 0 saturated heterocycles. The number of fused-ring (bicyclic) bond motifs is 6. The van der Waals surface area contributed by atoms with Crippen molar-refractivity contribution < 1.29 is 9.53 Å². The molecule has 2 heterocycles. The van der Waals surface area contributed by atoms with Gasteiger partial charge in [-0.3, -0.25) is 0 Å². The first-order valence-corrected chi connectivity index (χ1v) is 15.7. The van der Waals surface area contributed by atoms with Crippen LogP contribution < -0.4 is 0 Å². The van der Waals surface area contributed by atoms with Gasteiger partial charge in [-0.25, -0.2) is 4.79 Å². The summed E-state index contributed by atoms with van der Waals surface area (Å²) in [6, 6.07) is 39.9. The van der Waals surface area contributed by atoms with Gasteiger partial charge in [0, 0.05) is 32.9 Å². The summed E-state index contributed by atoms with van der Waals surface area (Å²) in [5, 5.41) is 4.70. The second-order valence-electron chi connectivity index (χ2n) is 12.2. The summed E-state index contributed by atoms with van der Waals surface area (Å²) in [6.07, 6.45) is 5.99. The van der Waals surface area contributed by atoms with Gasteiger partial charge in [-0.05, 0) is 73.1 Å². The van der Waals surface area contributed by atoms with E-state index in [4.69, 9.17) is 4.74 Å². The summed E-state index contributed by atoms with van der Waals surface area (Å²) in [4.78, 5) is 14.0. The Morgan fingerprint density at radius 3 is 1.51 bits per heavy atom. The van der Waals surface area contributed by atoms with E-state index in [2.05, 4.69) is 125 Å². The minimum Gasteiger partial charge on any atom is -0.462 e. The number of ether oxygens (including phenoxy) is 1. The van der Waals surface area contributed by atoms with Gasteiger partial charge in [0.15, 0.2) is 0 Å². The maximum atomic E-state index is 14.0. The molecule has 1 aliphatic rings. The van der Waals surface area contributed by atoms with Crippen molar-refractivity contribution in [2.24, 2.45) is 17.8 Å². The molecule has 0 bridgehead atoms. The Bertz CT molecular complexity index is 2030. The Balaban J connectivity index is 1.32. The van der Waals surface area contributed by atoms with Gasteiger partial charge < -0.3 is 13.9 Å². The second-order valence-corrected chi connectivity index (χ2v) is 12.2. The van der Waals surface area contributed by atoms with Crippen molar-refractivity contribution >= 4 is 49.6 Å². The predicted octanol–water partition coefficient (Wildman–Crippen LogP) is 10.1. The van der Waals surface area contributed by atoms with Gasteiger partial charge in [0.05, 0.1) is 34.2 Å². The molecule has 0 amide bonds. The van der Waals surface area contributed by atoms with Crippen LogP contribution in [-0.2, 0) is 4.74 Å². The first kappa shape index (κ1) is 27.2. The smallest absolute Gasteiger partial charge is 0.338 e. The van der Waals surface area contributed by atoms with Crippen molar-refractivity contribution in [3.05, 3.63) is 146 Å². The average molecular weight is 587 g/mol. The Kier molecular flexibility index (Phi) is 6.64. The fourth-order valence-corrected chi connectivity index (χ4v) is 7.51. The monoisotopic (exact) mass is 586 g/mol. The van der Waals surface area contributed by atoms with Crippen LogP contribution in [-0.4, -0.2) is 21.7 Å². The van der Waals surface area contributed by atoms with E-state index < -0.39 is 0 Å². The van der Waals surface area contributed by atoms with Gasteiger partial charge in [-0.15, -0.1) is 13.2 Å². The van der Waals surface area contributed by atoms with Crippen LogP contribution >= 0.6 is 0 Å². The Labute approximate surface area is 262 Å².